The maximum Gasteiger partial charge on any atom is 0.490 e. The summed E-state index contributed by atoms with van der Waals surface area (Å²) in [5.41, 5.74) is 14.8. The number of ether oxygens (including phenoxy) is 7. The number of carboxylic acids is 2. The molecule has 11 N–H and O–H groups in total. The maximum absolute atomic E-state index is 13.6. The van der Waals surface area contributed by atoms with E-state index in [2.05, 4.69) is 10.6 Å². The van der Waals surface area contributed by atoms with E-state index in [1.807, 2.05) is 66.7 Å². The minimum Gasteiger partial charge on any atom is -0.508 e. The van der Waals surface area contributed by atoms with Gasteiger partial charge in [-0.2, -0.15) is 26.3 Å². The maximum atomic E-state index is 13.6. The number of anilines is 2. The van der Waals surface area contributed by atoms with Gasteiger partial charge in [-0.25, -0.2) is 23.6 Å². The summed E-state index contributed by atoms with van der Waals surface area (Å²) in [6, 6.07) is 47.0. The van der Waals surface area contributed by atoms with E-state index in [0.717, 1.165) is 25.9 Å². The Kier molecular flexibility index (Phi) is 24.5. The van der Waals surface area contributed by atoms with Crippen molar-refractivity contribution in [1.82, 2.24) is 0 Å². The predicted molar refractivity (Wildman–Crippen MR) is 326 cm³/mol. The lowest BCUT2D eigenvalue weighted by molar-refractivity contribution is -0.193. The number of phenolic OH excluding ortho intramolecular Hbond substituents is 1. The highest BCUT2D eigenvalue weighted by atomic mass is 35.5. The number of aliphatic carboxylic acids is 2. The number of alkyl halides is 6. The monoisotopic (exact) mass is 1320 g/mol. The summed E-state index contributed by atoms with van der Waals surface area (Å²) in [5.74, 6) is -3.49. The number of aromatic hydroxyl groups is 1. The average molecular weight is 1330 g/mol. The summed E-state index contributed by atoms with van der Waals surface area (Å²) in [5, 5.41) is 46.9. The van der Waals surface area contributed by atoms with Crippen molar-refractivity contribution in [3.63, 3.8) is 0 Å². The molecule has 2 unspecified atom stereocenters. The molecule has 2 aromatic heterocycles. The van der Waals surface area contributed by atoms with Crippen LogP contribution in [0.1, 0.15) is 38.7 Å². The first-order valence-electron chi connectivity index (χ1n) is 25.9. The second-order valence-electron chi connectivity index (χ2n) is 18.3. The first-order chi connectivity index (χ1) is 43.1. The molecule has 0 bridgehead atoms. The molecule has 9 rings (SSSR count). The first-order valence-corrected chi connectivity index (χ1v) is 27.9. The molecule has 91 heavy (non-hydrogen) atoms. The van der Waals surface area contributed by atoms with E-state index in [-0.39, 0.29) is 42.3 Å². The van der Waals surface area contributed by atoms with Gasteiger partial charge in [0.2, 0.25) is 0 Å². The molecule has 0 aliphatic heterocycles. The van der Waals surface area contributed by atoms with Crippen LogP contribution in [0.3, 0.4) is 0 Å². The lowest BCUT2D eigenvalue weighted by Gasteiger charge is -2.21. The van der Waals surface area contributed by atoms with Crippen LogP contribution in [0.25, 0.3) is 20.2 Å². The third kappa shape index (κ3) is 21.4. The molecule has 2 atom stereocenters. The van der Waals surface area contributed by atoms with Crippen molar-refractivity contribution < 1.29 is 98.4 Å². The molecule has 2 amide bonds. The van der Waals surface area contributed by atoms with Gasteiger partial charge in [0.15, 0.2) is 12.2 Å². The van der Waals surface area contributed by atoms with Gasteiger partial charge in [-0.05, 0) is 102 Å². The van der Waals surface area contributed by atoms with Gasteiger partial charge in [0, 0.05) is 43.7 Å². The number of amidine groups is 2. The van der Waals surface area contributed by atoms with Crippen molar-refractivity contribution >= 4 is 102 Å². The zero-order chi connectivity index (χ0) is 66.6. The van der Waals surface area contributed by atoms with Crippen LogP contribution in [0.4, 0.5) is 51.7 Å². The van der Waals surface area contributed by atoms with E-state index in [4.69, 9.17) is 86.8 Å². The second-order valence-corrected chi connectivity index (χ2v) is 20.9. The number of methoxy groups -OCH3 is 2. The standard InChI is InChI=1S/C32H27ClFN3O5S.C25H23N3O5S.2C2HF3O2/c1-39-22-10-8-21(9-11-22)37-32(38)41-18-28(20-5-3-2-4-6-20)42-27-14-23(15-29-24(27)16-30(43-29)31(35)36)40-17-19-7-12-26(34)25(33)13-19;1-31-18-9-7-16(8-10-18)28-25(30)32-14-21(15-5-3-2-4-6-15)33-20-11-17(29)12-22-19(20)13-23(34-22)24(26)27;2*3-2(4,5)1(6)7/h2-16,28H,17-18H2,1H3,(H3,35,36)(H,37,38);2-13,21,29H,14H2,1H3,(H3,26,27)(H,28,30);2*(H,6,7). The van der Waals surface area contributed by atoms with E-state index in [0.29, 0.717) is 60.8 Å². The number of thiophene rings is 2. The number of rotatable bonds is 19. The molecule has 0 aliphatic rings. The number of carbonyl (C=O) groups is 4. The van der Waals surface area contributed by atoms with Crippen molar-refractivity contribution in [2.24, 2.45) is 11.5 Å². The minimum atomic E-state index is -5.08. The molecule has 20 nitrogen and oxygen atoms in total. The third-order valence-corrected chi connectivity index (χ3v) is 14.4. The molecule has 2 heterocycles. The van der Waals surface area contributed by atoms with Crippen molar-refractivity contribution in [2.75, 3.05) is 38.1 Å². The smallest absolute Gasteiger partial charge is 0.490 e. The van der Waals surface area contributed by atoms with Crippen molar-refractivity contribution in [2.45, 2.75) is 31.2 Å². The highest BCUT2D eigenvalue weighted by Gasteiger charge is 2.39. The Bertz CT molecular complexity index is 3950. The Hall–Kier alpha value is -10.5. The largest absolute Gasteiger partial charge is 0.508 e. The Morgan fingerprint density at radius 1 is 0.571 bits per heavy atom. The van der Waals surface area contributed by atoms with Gasteiger partial charge in [-0.15, -0.1) is 22.7 Å². The second kappa shape index (κ2) is 32.1. The number of phenols is 1. The van der Waals surface area contributed by atoms with E-state index in [1.165, 1.54) is 40.9 Å². The predicted octanol–water partition coefficient (Wildman–Crippen LogP) is 14.5. The number of nitrogens with two attached hydrogens (primary N) is 2. The molecule has 478 valence electrons. The number of amides is 2. The zero-order valence-corrected chi connectivity index (χ0v) is 49.6. The molecule has 7 aromatic carbocycles. The average Bonchev–Trinajstić information content (AvgIpc) is 1.90. The molecule has 0 spiro atoms. The van der Waals surface area contributed by atoms with Crippen molar-refractivity contribution in [3.8, 4) is 34.5 Å². The van der Waals surface area contributed by atoms with Gasteiger partial charge in [-0.3, -0.25) is 21.5 Å². The Labute approximate surface area is 524 Å². The highest BCUT2D eigenvalue weighted by molar-refractivity contribution is 7.21. The van der Waals surface area contributed by atoms with Crippen LogP contribution in [0.2, 0.25) is 5.02 Å². The van der Waals surface area contributed by atoms with E-state index in [9.17, 15) is 45.4 Å². The van der Waals surface area contributed by atoms with Gasteiger partial charge >= 0.3 is 36.5 Å². The quantitative estimate of drug-likeness (QED) is 0.0206. The number of nitrogens with one attached hydrogen (secondary N) is 4. The lowest BCUT2D eigenvalue weighted by Crippen LogP contribution is -2.21. The molecule has 0 saturated carbocycles. The molecular weight excluding hydrogens is 1270 g/mol. The van der Waals surface area contributed by atoms with E-state index < -0.39 is 54.5 Å². The van der Waals surface area contributed by atoms with Crippen LogP contribution in [-0.4, -0.2) is 90.9 Å². The molecular formula is C61H52ClF7N6O14S2. The number of fused-ring (bicyclic) bond motifs is 2. The number of carbonyl (C=O) groups excluding carboxylic acids is 2. The van der Waals surface area contributed by atoms with E-state index in [1.54, 1.807) is 93.1 Å². The van der Waals surface area contributed by atoms with Crippen molar-refractivity contribution in [3.05, 3.63) is 201 Å². The minimum absolute atomic E-state index is 0.00617. The van der Waals surface area contributed by atoms with Crippen molar-refractivity contribution in [1.29, 1.82) is 10.8 Å². The van der Waals surface area contributed by atoms with Gasteiger partial charge < -0.3 is 59.9 Å². The Morgan fingerprint density at radius 2 is 0.978 bits per heavy atom. The van der Waals surface area contributed by atoms with Crippen LogP contribution < -0.4 is 45.8 Å². The van der Waals surface area contributed by atoms with Crippen LogP contribution in [0, 0.1) is 16.6 Å². The molecule has 0 aliphatic carbocycles. The Balaban J connectivity index is 0.000000243. The number of halogens is 8. The summed E-state index contributed by atoms with van der Waals surface area (Å²) >= 11 is 8.54. The fourth-order valence-corrected chi connectivity index (χ4v) is 9.66. The fraction of sp³-hybridized carbons (Fsp3) is 0.148. The number of nitrogen functional groups attached to an aromatic ring is 2. The summed E-state index contributed by atoms with van der Waals surface area (Å²) in [6.07, 6.45) is -12.8. The van der Waals surface area contributed by atoms with Crippen LogP contribution >= 0.6 is 34.3 Å². The lowest BCUT2D eigenvalue weighted by atomic mass is 10.1. The van der Waals surface area contributed by atoms with Gasteiger partial charge in [0.05, 0.1) is 29.0 Å². The number of carboxylic acid groups (broad SMARTS) is 2. The summed E-state index contributed by atoms with van der Waals surface area (Å²) in [7, 11) is 3.13. The molecule has 0 saturated heterocycles. The van der Waals surface area contributed by atoms with Crippen LogP contribution in [0.5, 0.6) is 34.5 Å². The van der Waals surface area contributed by atoms with Gasteiger partial charge in [0.25, 0.3) is 0 Å². The fourth-order valence-electron chi connectivity index (χ4n) is 7.51. The summed E-state index contributed by atoms with van der Waals surface area (Å²) < 4.78 is 119. The normalized spacial score (nSPS) is 11.5. The number of hydrogen-bond donors (Lipinski definition) is 9. The zero-order valence-electron chi connectivity index (χ0n) is 47.2. The third-order valence-electron chi connectivity index (χ3n) is 11.8. The van der Waals surface area contributed by atoms with Crippen LogP contribution in [-0.2, 0) is 25.7 Å². The highest BCUT2D eigenvalue weighted by Crippen LogP contribution is 2.41. The topological polar surface area (TPSA) is 317 Å². The summed E-state index contributed by atoms with van der Waals surface area (Å²) in [4.78, 5) is 44.0. The van der Waals surface area contributed by atoms with Crippen LogP contribution in [0.15, 0.2) is 164 Å². The summed E-state index contributed by atoms with van der Waals surface area (Å²) in [6.45, 7) is -0.0458. The van der Waals surface area contributed by atoms with E-state index >= 15 is 0 Å². The number of benzene rings is 7. The van der Waals surface area contributed by atoms with Gasteiger partial charge in [0.1, 0.15) is 71.8 Å². The van der Waals surface area contributed by atoms with Gasteiger partial charge in [-0.1, -0.05) is 78.3 Å². The SMILES string of the molecule is COc1ccc(NC(=O)OCC(Oc2cc(O)cc3sc(C(=N)N)cc23)c2ccccc2)cc1.COc1ccc(NC(=O)OCC(Oc2cc(OCc3ccc(F)c(Cl)c3)cc3sc(C(=N)N)cc23)c2ccccc2)cc1.O=C(O)C(F)(F)F.O=C(O)C(F)(F)F. The molecule has 30 heteroatoms. The number of hydrogen-bond acceptors (Lipinski definition) is 16. The first kappa shape index (κ1) is 69.6. The molecule has 9 aromatic rings. The molecule has 0 radical (unpaired) electrons. The molecule has 0 fully saturated rings. The Morgan fingerprint density at radius 3 is 1.36 bits per heavy atom.